The maximum absolute atomic E-state index is 15.1. The second-order valence-electron chi connectivity index (χ2n) is 27.5. The van der Waals surface area contributed by atoms with Crippen LogP contribution in [-0.2, 0) is 64.1 Å². The molecule has 1 aliphatic heterocycles. The van der Waals surface area contributed by atoms with Crippen molar-refractivity contribution in [3.63, 3.8) is 0 Å². The van der Waals surface area contributed by atoms with Crippen molar-refractivity contribution in [2.24, 2.45) is 11.3 Å². The van der Waals surface area contributed by atoms with E-state index < -0.39 is 77.1 Å². The first-order valence-corrected chi connectivity index (χ1v) is 34.3. The smallest absolute Gasteiger partial charge is 0.416 e. The molecule has 0 bridgehead atoms. The Morgan fingerprint density at radius 2 is 1.47 bits per heavy atom. The van der Waals surface area contributed by atoms with E-state index in [0.717, 1.165) is 65.3 Å². The summed E-state index contributed by atoms with van der Waals surface area (Å²) in [5.74, 6) is -1.35. The van der Waals surface area contributed by atoms with Crippen LogP contribution in [0.2, 0.25) is 0 Å². The van der Waals surface area contributed by atoms with Crippen molar-refractivity contribution in [2.45, 2.75) is 136 Å². The van der Waals surface area contributed by atoms with Crippen molar-refractivity contribution in [3.05, 3.63) is 173 Å². The topological polar surface area (TPSA) is 289 Å². The van der Waals surface area contributed by atoms with Crippen LogP contribution in [0.3, 0.4) is 0 Å². The van der Waals surface area contributed by atoms with Crippen molar-refractivity contribution in [2.75, 3.05) is 76.6 Å². The molecule has 0 saturated heterocycles. The maximum atomic E-state index is 15.1. The third-order valence-corrected chi connectivity index (χ3v) is 17.6. The van der Waals surface area contributed by atoms with Crippen molar-refractivity contribution < 1.29 is 75.2 Å². The largest absolute Gasteiger partial charge is 0.491 e. The third kappa shape index (κ3) is 20.1. The molecule has 7 aromatic rings. The van der Waals surface area contributed by atoms with Gasteiger partial charge in [-0.25, -0.2) is 33.0 Å². The van der Waals surface area contributed by atoms with Crippen LogP contribution in [0.15, 0.2) is 132 Å². The molecule has 1 fully saturated rings. The van der Waals surface area contributed by atoms with Crippen LogP contribution in [-0.4, -0.2) is 161 Å². The van der Waals surface area contributed by atoms with Crippen molar-refractivity contribution in [3.8, 4) is 22.9 Å². The average molecular weight is 1410 g/mol. The molecule has 4 N–H and O–H groups in total. The number of benzene rings is 4. The van der Waals surface area contributed by atoms with Gasteiger partial charge in [0.2, 0.25) is 23.6 Å². The third-order valence-electron chi connectivity index (χ3n) is 17.6. The first-order chi connectivity index (χ1) is 48.9. The summed E-state index contributed by atoms with van der Waals surface area (Å²) >= 11 is 0. The zero-order valence-corrected chi connectivity index (χ0v) is 58.7. The van der Waals surface area contributed by atoms with Gasteiger partial charge in [-0.1, -0.05) is 81.4 Å². The molecule has 4 heterocycles. The Hall–Kier alpha value is -10.1. The SMILES string of the molecule is C[C@@H](C(=O)N[C@H](C(=O)N1Cc2cc(OCCOCCOCCOCCNC(=O)c3ccc(-n4cc(NC(=O)c5coc(-c6ccnc(N(CC7CC7)C(=O)OC(C)(C)C)c6)n5)c(C(F)F)n4)cc3)ccc2C[C@H]1C(=O)N[C@@H]1CCCc2ccccc21)C(C)(C)C)N(C)C(=O)OCc1ccccc1. The van der Waals surface area contributed by atoms with E-state index in [-0.39, 0.29) is 102 Å². The quantitative estimate of drug-likeness (QED) is 0.0304. The van der Waals surface area contributed by atoms with Gasteiger partial charge in [0, 0.05) is 50.4 Å². The fourth-order valence-corrected chi connectivity index (χ4v) is 11.7. The fourth-order valence-electron chi connectivity index (χ4n) is 11.7. The molecule has 10 rings (SSSR count). The van der Waals surface area contributed by atoms with Crippen LogP contribution in [0, 0.1) is 11.3 Å². The highest BCUT2D eigenvalue weighted by Crippen LogP contribution is 2.36. The number of ether oxygens (including phenoxy) is 6. The van der Waals surface area contributed by atoms with E-state index >= 15 is 4.79 Å². The van der Waals surface area contributed by atoms with Crippen LogP contribution < -0.4 is 30.9 Å². The number of carbonyl (C=O) groups is 7. The lowest BCUT2D eigenvalue weighted by atomic mass is 9.83. The molecule has 542 valence electrons. The lowest BCUT2D eigenvalue weighted by Gasteiger charge is -2.42. The van der Waals surface area contributed by atoms with Gasteiger partial charge < -0.3 is 59.0 Å². The number of nitrogens with one attached hydrogen (secondary N) is 4. The number of aryl methyl sites for hydroxylation is 1. The van der Waals surface area contributed by atoms with Crippen LogP contribution in [0.5, 0.6) is 5.75 Å². The zero-order valence-electron chi connectivity index (χ0n) is 58.7. The Morgan fingerprint density at radius 3 is 2.18 bits per heavy atom. The Morgan fingerprint density at radius 1 is 0.765 bits per heavy atom. The summed E-state index contributed by atoms with van der Waals surface area (Å²) < 4.78 is 69.7. The summed E-state index contributed by atoms with van der Waals surface area (Å²) in [7, 11) is 1.47. The van der Waals surface area contributed by atoms with Crippen LogP contribution in [0.1, 0.15) is 141 Å². The highest BCUT2D eigenvalue weighted by molar-refractivity contribution is 6.03. The number of alkyl halides is 2. The van der Waals surface area contributed by atoms with E-state index in [1.54, 1.807) is 44.7 Å². The highest BCUT2D eigenvalue weighted by Gasteiger charge is 2.44. The van der Waals surface area contributed by atoms with Gasteiger partial charge in [-0.15, -0.1) is 0 Å². The van der Waals surface area contributed by atoms with Crippen molar-refractivity contribution in [1.29, 1.82) is 0 Å². The summed E-state index contributed by atoms with van der Waals surface area (Å²) in [6.07, 6.45) is 4.22. The van der Waals surface area contributed by atoms with Crippen molar-refractivity contribution >= 4 is 53.2 Å². The number of nitrogens with zero attached hydrogens (tertiary/aromatic N) is 7. The number of amides is 7. The molecule has 1 saturated carbocycles. The Kier molecular flexibility index (Phi) is 24.9. The van der Waals surface area contributed by atoms with Crippen molar-refractivity contribution in [1.82, 2.24) is 45.5 Å². The number of pyridine rings is 1. The lowest BCUT2D eigenvalue weighted by molar-refractivity contribution is -0.147. The summed E-state index contributed by atoms with van der Waals surface area (Å²) in [6, 6.07) is 28.9. The monoisotopic (exact) mass is 1410 g/mol. The minimum Gasteiger partial charge on any atom is -0.491 e. The van der Waals surface area contributed by atoms with E-state index in [0.29, 0.717) is 40.8 Å². The van der Waals surface area contributed by atoms with Gasteiger partial charge in [0.25, 0.3) is 18.2 Å². The number of hydrogen-bond donors (Lipinski definition) is 4. The molecule has 102 heavy (non-hydrogen) atoms. The molecular formula is C75H89F2N11O14. The number of rotatable bonds is 30. The normalized spacial score (nSPS) is 15.6. The van der Waals surface area contributed by atoms with Gasteiger partial charge in [-0.3, -0.25) is 33.8 Å². The first kappa shape index (κ1) is 74.6. The number of fused-ring (bicyclic) bond motifs is 2. The summed E-state index contributed by atoms with van der Waals surface area (Å²) in [6.45, 7) is 14.8. The molecule has 27 heteroatoms. The summed E-state index contributed by atoms with van der Waals surface area (Å²) in [4.78, 5) is 109. The molecule has 3 aliphatic rings. The lowest BCUT2D eigenvalue weighted by Crippen LogP contribution is -2.62. The number of anilines is 2. The Bertz CT molecular complexity index is 4060. The zero-order chi connectivity index (χ0) is 72.7. The van der Waals surface area contributed by atoms with Gasteiger partial charge in [-0.05, 0) is 147 Å². The molecule has 0 spiro atoms. The fraction of sp³-hybridized carbons (Fsp3) is 0.440. The minimum absolute atomic E-state index is 0.0197. The van der Waals surface area contributed by atoms with Gasteiger partial charge in [0.1, 0.15) is 54.8 Å². The number of carbonyl (C=O) groups excluding carboxylic acids is 7. The first-order valence-electron chi connectivity index (χ1n) is 34.3. The van der Waals surface area contributed by atoms with E-state index in [1.807, 2.05) is 87.5 Å². The standard InChI is InChI=1S/C75H89F2N11O14/c1-47(85(8)72(94)101-45-49-15-10-9-11-16-49)66(89)83-64(74(2,3)4)71(93)86-43-54-39-56(28-25-52(54)40-61(86)69(92)80-58-20-14-18-50-17-12-13-19-57(50)58)99-38-37-98-36-35-97-34-33-96-32-31-79-67(90)51-23-26-55(27-24-51)88-44-59(63(84-88)65(76)77)81-68(91)60-46-100-70(82-60)53-29-30-78-62(41-53)87(42-48-21-22-48)73(95)102-75(5,6)7/h9-13,15-17,19,23-30,39,41,44,46-48,58,61,64-65H,14,18,20-22,31-38,40,42-43,45H2,1-8H3,(H,79,90)(H,80,92)(H,81,91)(H,83,89)/t47-,58+,61-,64+/m0/s1. The number of aromatic nitrogens is 4. The maximum Gasteiger partial charge on any atom is 0.416 e. The molecule has 3 aromatic heterocycles. The van der Waals surface area contributed by atoms with Gasteiger partial charge >= 0.3 is 12.2 Å². The van der Waals surface area contributed by atoms with Crippen LogP contribution in [0.25, 0.3) is 17.1 Å². The summed E-state index contributed by atoms with van der Waals surface area (Å²) in [5, 5.41) is 15.5. The predicted molar refractivity (Wildman–Crippen MR) is 373 cm³/mol. The molecule has 25 nitrogen and oxygen atoms in total. The molecule has 0 radical (unpaired) electrons. The second kappa shape index (κ2) is 34.0. The van der Waals surface area contributed by atoms with Gasteiger partial charge in [0.15, 0.2) is 11.4 Å². The molecule has 7 amide bonds. The minimum atomic E-state index is -3.06. The number of likely N-dealkylation sites (N-methyl/N-ethyl adjacent to an activating group) is 1. The highest BCUT2D eigenvalue weighted by atomic mass is 19.3. The predicted octanol–water partition coefficient (Wildman–Crippen LogP) is 10.8. The number of oxazole rings is 1. The molecule has 4 atom stereocenters. The van der Waals surface area contributed by atoms with Crippen LogP contribution >= 0.6 is 0 Å². The molecule has 4 aromatic carbocycles. The Labute approximate surface area is 591 Å². The summed E-state index contributed by atoms with van der Waals surface area (Å²) in [5.41, 5.74) is 3.00. The molecule has 2 aliphatic carbocycles. The van der Waals surface area contributed by atoms with Gasteiger partial charge in [0.05, 0.1) is 63.3 Å². The molecular weight excluding hydrogens is 1320 g/mol. The van der Waals surface area contributed by atoms with Crippen LogP contribution in [0.4, 0.5) is 29.9 Å². The van der Waals surface area contributed by atoms with Gasteiger partial charge in [-0.2, -0.15) is 5.10 Å². The average Bonchev–Trinajstić information content (AvgIpc) is 1.08. The van der Waals surface area contributed by atoms with E-state index in [4.69, 9.17) is 32.8 Å². The number of halogens is 2. The van der Waals surface area contributed by atoms with E-state index in [9.17, 15) is 37.5 Å². The van der Waals surface area contributed by atoms with E-state index in [2.05, 4.69) is 42.4 Å². The van der Waals surface area contributed by atoms with E-state index in [1.165, 1.54) is 59.1 Å². The Balaban J connectivity index is 0.641. The second-order valence-corrected chi connectivity index (χ2v) is 27.5. The number of hydrogen-bond acceptors (Lipinski definition) is 17. The molecule has 0 unspecified atom stereocenters.